The maximum Gasteiger partial charge on any atom is 0.165 e. The van der Waals surface area contributed by atoms with Crippen molar-refractivity contribution in [1.29, 1.82) is 0 Å². The number of hydrogen-bond acceptors (Lipinski definition) is 6. The van der Waals surface area contributed by atoms with E-state index < -0.39 is 0 Å². The van der Waals surface area contributed by atoms with Crippen LogP contribution in [0.4, 0.5) is 0 Å². The fourth-order valence-corrected chi connectivity index (χ4v) is 9.41. The average molecular weight is 722 g/mol. The molecule has 0 unspecified atom stereocenters. The van der Waals surface area contributed by atoms with Crippen molar-refractivity contribution >= 4 is 86.2 Å². The maximum atomic E-state index is 6.63. The molecule has 0 N–H and O–H groups in total. The third-order valence-electron chi connectivity index (χ3n) is 10.7. The molecule has 4 aromatic heterocycles. The fraction of sp³-hybridized carbons (Fsp3) is 0. The molecule has 0 saturated carbocycles. The molecule has 8 aromatic carbocycles. The van der Waals surface area contributed by atoms with Crippen LogP contribution in [0.1, 0.15) is 0 Å². The lowest BCUT2D eigenvalue weighted by atomic mass is 9.95. The Morgan fingerprint density at radius 2 is 0.964 bits per heavy atom. The van der Waals surface area contributed by atoms with E-state index in [1.54, 1.807) is 11.3 Å². The van der Waals surface area contributed by atoms with Gasteiger partial charge in [0.05, 0.1) is 0 Å². The van der Waals surface area contributed by atoms with Gasteiger partial charge in [-0.25, -0.2) is 15.0 Å². The van der Waals surface area contributed by atoms with Crippen molar-refractivity contribution in [2.75, 3.05) is 0 Å². The van der Waals surface area contributed by atoms with Gasteiger partial charge in [0.2, 0.25) is 0 Å². The Kier molecular flexibility index (Phi) is 6.44. The van der Waals surface area contributed by atoms with Crippen LogP contribution in [0, 0.1) is 0 Å². The van der Waals surface area contributed by atoms with Gasteiger partial charge in [0.25, 0.3) is 0 Å². The summed E-state index contributed by atoms with van der Waals surface area (Å²) in [5, 5.41) is 8.81. The smallest absolute Gasteiger partial charge is 0.165 e. The molecule has 0 aliphatic heterocycles. The van der Waals surface area contributed by atoms with Crippen molar-refractivity contribution in [2.24, 2.45) is 0 Å². The van der Waals surface area contributed by atoms with Crippen LogP contribution in [-0.4, -0.2) is 15.0 Å². The zero-order valence-electron chi connectivity index (χ0n) is 29.2. The van der Waals surface area contributed by atoms with Gasteiger partial charge in [0, 0.05) is 58.4 Å². The molecule has 0 saturated heterocycles. The lowest BCUT2D eigenvalue weighted by Gasteiger charge is -2.12. The number of fused-ring (bicyclic) bond motifs is 10. The van der Waals surface area contributed by atoms with Crippen LogP contribution in [0.5, 0.6) is 0 Å². The molecule has 0 aliphatic carbocycles. The van der Waals surface area contributed by atoms with Crippen LogP contribution in [0.25, 0.3) is 120 Å². The van der Waals surface area contributed by atoms with Gasteiger partial charge in [-0.1, -0.05) is 115 Å². The minimum atomic E-state index is 0.578. The van der Waals surface area contributed by atoms with Crippen molar-refractivity contribution in [1.82, 2.24) is 15.0 Å². The Hall–Kier alpha value is -7.15. The van der Waals surface area contributed by atoms with Crippen LogP contribution in [0.15, 0.2) is 173 Å². The quantitative estimate of drug-likeness (QED) is 0.181. The number of hydrogen-bond donors (Lipinski definition) is 0. The van der Waals surface area contributed by atoms with E-state index in [1.165, 1.54) is 15.5 Å². The molecule has 5 nitrogen and oxygen atoms in total. The summed E-state index contributed by atoms with van der Waals surface area (Å²) in [4.78, 5) is 16.0. The minimum absolute atomic E-state index is 0.578. The number of aromatic nitrogens is 3. The van der Waals surface area contributed by atoms with Crippen LogP contribution < -0.4 is 0 Å². The van der Waals surface area contributed by atoms with Crippen LogP contribution in [0.2, 0.25) is 0 Å². The second-order valence-corrected chi connectivity index (χ2v) is 15.0. The van der Waals surface area contributed by atoms with E-state index in [9.17, 15) is 0 Å². The Labute approximate surface area is 317 Å². The molecule has 256 valence electrons. The summed E-state index contributed by atoms with van der Waals surface area (Å²) >= 11 is 1.77. The Morgan fingerprint density at radius 1 is 0.364 bits per heavy atom. The van der Waals surface area contributed by atoms with E-state index in [-0.39, 0.29) is 0 Å². The predicted octanol–water partition coefficient (Wildman–Crippen LogP) is 13.9. The van der Waals surface area contributed by atoms with Crippen LogP contribution in [0.3, 0.4) is 0 Å². The van der Waals surface area contributed by atoms with Crippen molar-refractivity contribution in [3.05, 3.63) is 164 Å². The van der Waals surface area contributed by atoms with Crippen molar-refractivity contribution < 1.29 is 8.83 Å². The van der Waals surface area contributed by atoms with Gasteiger partial charge >= 0.3 is 0 Å². The van der Waals surface area contributed by atoms with E-state index in [4.69, 9.17) is 23.8 Å². The molecule has 12 rings (SSSR count). The first kappa shape index (κ1) is 30.3. The highest BCUT2D eigenvalue weighted by atomic mass is 32.1. The average Bonchev–Trinajstić information content (AvgIpc) is 3.94. The zero-order chi connectivity index (χ0) is 36.0. The van der Waals surface area contributed by atoms with E-state index in [1.807, 2.05) is 36.4 Å². The Balaban J connectivity index is 1.18. The molecule has 0 atom stereocenters. The van der Waals surface area contributed by atoms with Gasteiger partial charge in [-0.3, -0.25) is 0 Å². The number of para-hydroxylation sites is 2. The summed E-state index contributed by atoms with van der Waals surface area (Å²) in [7, 11) is 0. The molecule has 4 heterocycles. The van der Waals surface area contributed by atoms with E-state index >= 15 is 0 Å². The van der Waals surface area contributed by atoms with E-state index in [0.717, 1.165) is 87.2 Å². The fourth-order valence-electron chi connectivity index (χ4n) is 8.20. The van der Waals surface area contributed by atoms with Gasteiger partial charge in [0.15, 0.2) is 17.5 Å². The zero-order valence-corrected chi connectivity index (χ0v) is 30.0. The van der Waals surface area contributed by atoms with E-state index in [2.05, 4.69) is 127 Å². The summed E-state index contributed by atoms with van der Waals surface area (Å²) in [6.07, 6.45) is 0. The monoisotopic (exact) mass is 721 g/mol. The summed E-state index contributed by atoms with van der Waals surface area (Å²) < 4.78 is 15.3. The molecular weight excluding hydrogens is 695 g/mol. The molecule has 0 aliphatic rings. The SMILES string of the molecule is c1ccc2cc(-c3nc(-c4cccc5c4sc4ccccc45)nc(-c4cc(-c5cccc6oc7ccccc7c56)cc5oc6ccccc6c45)n3)ccc2c1. The minimum Gasteiger partial charge on any atom is -0.456 e. The normalized spacial score (nSPS) is 12.0. The highest BCUT2D eigenvalue weighted by Crippen LogP contribution is 2.44. The first-order valence-electron chi connectivity index (χ1n) is 18.3. The molecule has 12 aromatic rings. The second kappa shape index (κ2) is 11.7. The number of thiophene rings is 1. The number of benzene rings is 8. The third kappa shape index (κ3) is 4.68. The summed E-state index contributed by atoms with van der Waals surface area (Å²) in [6, 6.07) is 56.7. The van der Waals surface area contributed by atoms with Crippen LogP contribution >= 0.6 is 11.3 Å². The molecule has 0 spiro atoms. The van der Waals surface area contributed by atoms with Crippen molar-refractivity contribution in [2.45, 2.75) is 0 Å². The summed E-state index contributed by atoms with van der Waals surface area (Å²) in [5.41, 5.74) is 8.06. The predicted molar refractivity (Wildman–Crippen MR) is 227 cm³/mol. The van der Waals surface area contributed by atoms with Gasteiger partial charge in [-0.05, 0) is 70.4 Å². The van der Waals surface area contributed by atoms with E-state index in [0.29, 0.717) is 17.5 Å². The molecule has 6 heteroatoms. The lowest BCUT2D eigenvalue weighted by Crippen LogP contribution is -2.01. The lowest BCUT2D eigenvalue weighted by molar-refractivity contribution is 0.668. The second-order valence-electron chi connectivity index (χ2n) is 13.9. The summed E-state index contributed by atoms with van der Waals surface area (Å²) in [6.45, 7) is 0. The molecular formula is C49H27N3O2S. The highest BCUT2D eigenvalue weighted by Gasteiger charge is 2.22. The Bertz CT molecular complexity index is 3520. The maximum absolute atomic E-state index is 6.63. The Morgan fingerprint density at radius 3 is 1.80 bits per heavy atom. The largest absolute Gasteiger partial charge is 0.456 e. The van der Waals surface area contributed by atoms with Gasteiger partial charge in [-0.15, -0.1) is 11.3 Å². The van der Waals surface area contributed by atoms with Gasteiger partial charge in [0.1, 0.15) is 22.3 Å². The topological polar surface area (TPSA) is 65.0 Å². The van der Waals surface area contributed by atoms with Crippen LogP contribution in [-0.2, 0) is 0 Å². The molecule has 55 heavy (non-hydrogen) atoms. The number of nitrogens with zero attached hydrogens (tertiary/aromatic N) is 3. The highest BCUT2D eigenvalue weighted by molar-refractivity contribution is 7.26. The first-order chi connectivity index (χ1) is 27.2. The van der Waals surface area contributed by atoms with Crippen molar-refractivity contribution in [3.8, 4) is 45.3 Å². The first-order valence-corrected chi connectivity index (χ1v) is 19.1. The molecule has 0 bridgehead atoms. The standard InChI is InChI=1S/C49H27N3O2S/c1-2-12-29-25-30(24-23-28(29)11-1)47-50-48(37-18-9-17-34-33-13-5-8-22-43(33)55-46(34)37)52-49(51-47)38-26-31(27-42-45(38)36-15-4-7-20-40(36)54-42)32-16-10-21-41-44(32)35-14-3-6-19-39(35)53-41/h1-27H. The molecule has 0 radical (unpaired) electrons. The third-order valence-corrected chi connectivity index (χ3v) is 11.9. The van der Waals surface area contributed by atoms with Crippen molar-refractivity contribution in [3.63, 3.8) is 0 Å². The summed E-state index contributed by atoms with van der Waals surface area (Å²) in [5.74, 6) is 1.81. The molecule has 0 fully saturated rings. The number of rotatable bonds is 4. The van der Waals surface area contributed by atoms with Gasteiger partial charge < -0.3 is 8.83 Å². The number of furan rings is 2. The molecule has 0 amide bonds. The van der Waals surface area contributed by atoms with Gasteiger partial charge in [-0.2, -0.15) is 0 Å².